The van der Waals surface area contributed by atoms with Gasteiger partial charge in [0.2, 0.25) is 0 Å². The van der Waals surface area contributed by atoms with E-state index in [9.17, 15) is 4.79 Å². The van der Waals surface area contributed by atoms with Crippen molar-refractivity contribution in [1.29, 1.82) is 0 Å². The number of halogens is 1. The van der Waals surface area contributed by atoms with Crippen molar-refractivity contribution in [2.45, 2.75) is 25.2 Å². The van der Waals surface area contributed by atoms with Gasteiger partial charge in [0, 0.05) is 34.1 Å². The number of benzene rings is 2. The van der Waals surface area contributed by atoms with E-state index in [0.717, 1.165) is 34.3 Å². The largest absolute Gasteiger partial charge is 0.484 e. The molecule has 1 saturated carbocycles. The lowest BCUT2D eigenvalue weighted by molar-refractivity contribution is -0.123. The quantitative estimate of drug-likeness (QED) is 0.679. The minimum absolute atomic E-state index is 0.00243. The number of aryl methyl sites for hydroxylation is 1. The minimum atomic E-state index is -0.102. The summed E-state index contributed by atoms with van der Waals surface area (Å²) in [5, 5.41) is 4.89. The van der Waals surface area contributed by atoms with Gasteiger partial charge in [0.1, 0.15) is 5.75 Å². The Morgan fingerprint density at radius 3 is 2.73 bits per heavy atom. The molecule has 0 atom stereocenters. The molecule has 1 heterocycles. The van der Waals surface area contributed by atoms with E-state index >= 15 is 0 Å². The van der Waals surface area contributed by atoms with E-state index < -0.39 is 0 Å². The molecule has 1 aliphatic carbocycles. The first kappa shape index (κ1) is 17.0. The maximum absolute atomic E-state index is 12.2. The van der Waals surface area contributed by atoms with Crippen molar-refractivity contribution < 1.29 is 9.53 Å². The van der Waals surface area contributed by atoms with Gasteiger partial charge in [0.15, 0.2) is 6.61 Å². The Morgan fingerprint density at radius 1 is 1.23 bits per heavy atom. The van der Waals surface area contributed by atoms with Crippen LogP contribution in [0.25, 0.3) is 10.9 Å². The number of hydrogen-bond donors (Lipinski definition) is 2. The zero-order valence-corrected chi connectivity index (χ0v) is 15.4. The number of ether oxygens (including phenoxy) is 1. The number of aromatic nitrogens is 1. The molecule has 0 saturated heterocycles. The third-order valence-electron chi connectivity index (χ3n) is 5.08. The minimum Gasteiger partial charge on any atom is -0.484 e. The molecule has 1 aliphatic rings. The van der Waals surface area contributed by atoms with Crippen molar-refractivity contribution in [2.24, 2.45) is 0 Å². The Morgan fingerprint density at radius 2 is 2.00 bits per heavy atom. The van der Waals surface area contributed by atoms with Crippen molar-refractivity contribution in [1.82, 2.24) is 10.3 Å². The van der Waals surface area contributed by atoms with E-state index in [1.807, 2.05) is 55.6 Å². The highest BCUT2D eigenvalue weighted by atomic mass is 35.5. The molecular weight excluding hydrogens is 348 g/mol. The SMILES string of the molecule is Cc1ccc(OCC(=O)NCC2(c3c[nH]c4ccc(Cl)cc34)CC2)cc1. The number of hydrogen-bond acceptors (Lipinski definition) is 2. The molecule has 1 aromatic heterocycles. The Bertz CT molecular complexity index is 942. The van der Waals surface area contributed by atoms with Crippen LogP contribution in [0, 0.1) is 6.92 Å². The first-order valence-electron chi connectivity index (χ1n) is 8.79. The molecule has 2 aromatic carbocycles. The Labute approximate surface area is 157 Å². The lowest BCUT2D eigenvalue weighted by Gasteiger charge is -2.16. The van der Waals surface area contributed by atoms with Crippen LogP contribution < -0.4 is 10.1 Å². The summed E-state index contributed by atoms with van der Waals surface area (Å²) in [4.78, 5) is 15.5. The van der Waals surface area contributed by atoms with Crippen LogP contribution in [-0.4, -0.2) is 24.0 Å². The van der Waals surface area contributed by atoms with E-state index in [1.54, 1.807) is 0 Å². The van der Waals surface area contributed by atoms with E-state index in [2.05, 4.69) is 10.3 Å². The molecule has 1 fully saturated rings. The van der Waals surface area contributed by atoms with Gasteiger partial charge in [0.05, 0.1) is 0 Å². The molecule has 3 aromatic rings. The predicted octanol–water partition coefficient (Wildman–Crippen LogP) is 4.36. The van der Waals surface area contributed by atoms with Crippen LogP contribution >= 0.6 is 11.6 Å². The maximum atomic E-state index is 12.2. The molecule has 5 heteroatoms. The van der Waals surface area contributed by atoms with Gasteiger partial charge in [-0.25, -0.2) is 0 Å². The zero-order chi connectivity index (χ0) is 18.1. The molecule has 0 aliphatic heterocycles. The number of carbonyl (C=O) groups is 1. The number of carbonyl (C=O) groups excluding carboxylic acids is 1. The lowest BCUT2D eigenvalue weighted by Crippen LogP contribution is -2.35. The summed E-state index contributed by atoms with van der Waals surface area (Å²) in [6, 6.07) is 13.6. The van der Waals surface area contributed by atoms with E-state index in [4.69, 9.17) is 16.3 Å². The fourth-order valence-corrected chi connectivity index (χ4v) is 3.50. The van der Waals surface area contributed by atoms with Crippen molar-refractivity contribution in [3.05, 3.63) is 64.8 Å². The topological polar surface area (TPSA) is 54.1 Å². The number of fused-ring (bicyclic) bond motifs is 1. The average Bonchev–Trinajstić information content (AvgIpc) is 3.31. The van der Waals surface area contributed by atoms with Crippen molar-refractivity contribution in [2.75, 3.05) is 13.2 Å². The highest BCUT2D eigenvalue weighted by molar-refractivity contribution is 6.31. The van der Waals surface area contributed by atoms with Gasteiger partial charge >= 0.3 is 0 Å². The summed E-state index contributed by atoms with van der Waals surface area (Å²) in [7, 11) is 0. The van der Waals surface area contributed by atoms with E-state index in [-0.39, 0.29) is 17.9 Å². The number of aromatic amines is 1. The molecular formula is C21H21ClN2O2. The predicted molar refractivity (Wildman–Crippen MR) is 104 cm³/mol. The summed E-state index contributed by atoms with van der Waals surface area (Å²) < 4.78 is 5.55. The highest BCUT2D eigenvalue weighted by Gasteiger charge is 2.45. The van der Waals surface area contributed by atoms with Crippen LogP contribution in [-0.2, 0) is 10.2 Å². The third-order valence-corrected chi connectivity index (χ3v) is 5.32. The van der Waals surface area contributed by atoms with Crippen LogP contribution in [0.2, 0.25) is 5.02 Å². The monoisotopic (exact) mass is 368 g/mol. The fourth-order valence-electron chi connectivity index (χ4n) is 3.33. The van der Waals surface area contributed by atoms with Crippen LogP contribution in [0.5, 0.6) is 5.75 Å². The van der Waals surface area contributed by atoms with E-state index in [0.29, 0.717) is 12.3 Å². The molecule has 0 bridgehead atoms. The number of H-pyrrole nitrogens is 1. The Balaban J connectivity index is 1.38. The molecule has 0 unspecified atom stereocenters. The number of nitrogens with one attached hydrogen (secondary N) is 2. The van der Waals surface area contributed by atoms with Crippen molar-refractivity contribution >= 4 is 28.4 Å². The summed E-state index contributed by atoms with van der Waals surface area (Å²) in [6.07, 6.45) is 4.17. The smallest absolute Gasteiger partial charge is 0.257 e. The van der Waals surface area contributed by atoms with Crippen LogP contribution in [0.15, 0.2) is 48.7 Å². The van der Waals surface area contributed by atoms with E-state index in [1.165, 1.54) is 5.56 Å². The van der Waals surface area contributed by atoms with Gasteiger partial charge in [-0.3, -0.25) is 4.79 Å². The van der Waals surface area contributed by atoms with Gasteiger partial charge < -0.3 is 15.0 Å². The molecule has 4 rings (SSSR count). The summed E-state index contributed by atoms with van der Waals surface area (Å²) in [6.45, 7) is 2.66. The second-order valence-corrected chi connectivity index (χ2v) is 7.49. The second kappa shape index (κ2) is 6.69. The zero-order valence-electron chi connectivity index (χ0n) is 14.6. The lowest BCUT2D eigenvalue weighted by atomic mass is 9.95. The Hall–Kier alpha value is -2.46. The van der Waals surface area contributed by atoms with Gasteiger partial charge in [-0.05, 0) is 55.7 Å². The van der Waals surface area contributed by atoms with Crippen LogP contribution in [0.1, 0.15) is 24.0 Å². The fraction of sp³-hybridized carbons (Fsp3) is 0.286. The first-order chi connectivity index (χ1) is 12.6. The van der Waals surface area contributed by atoms with Crippen LogP contribution in [0.4, 0.5) is 0 Å². The molecule has 134 valence electrons. The molecule has 1 amide bonds. The maximum Gasteiger partial charge on any atom is 0.257 e. The normalized spacial score (nSPS) is 15.0. The van der Waals surface area contributed by atoms with Gasteiger partial charge in [-0.2, -0.15) is 0 Å². The first-order valence-corrected chi connectivity index (χ1v) is 9.17. The highest BCUT2D eigenvalue weighted by Crippen LogP contribution is 2.50. The molecule has 2 N–H and O–H groups in total. The third kappa shape index (κ3) is 3.42. The van der Waals surface area contributed by atoms with Gasteiger partial charge in [-0.1, -0.05) is 29.3 Å². The summed E-state index contributed by atoms with van der Waals surface area (Å²) in [5.41, 5.74) is 3.47. The second-order valence-electron chi connectivity index (χ2n) is 7.05. The number of rotatable bonds is 6. The van der Waals surface area contributed by atoms with Gasteiger partial charge in [-0.15, -0.1) is 0 Å². The molecule has 0 radical (unpaired) electrons. The summed E-state index contributed by atoms with van der Waals surface area (Å²) >= 11 is 6.15. The van der Waals surface area contributed by atoms with Gasteiger partial charge in [0.25, 0.3) is 5.91 Å². The molecule has 0 spiro atoms. The summed E-state index contributed by atoms with van der Waals surface area (Å²) in [5.74, 6) is 0.605. The van der Waals surface area contributed by atoms with Crippen molar-refractivity contribution in [3.8, 4) is 5.75 Å². The molecule has 4 nitrogen and oxygen atoms in total. The molecule has 26 heavy (non-hydrogen) atoms. The number of amides is 1. The van der Waals surface area contributed by atoms with Crippen LogP contribution in [0.3, 0.4) is 0 Å². The van der Waals surface area contributed by atoms with Crippen molar-refractivity contribution in [3.63, 3.8) is 0 Å². The Kier molecular flexibility index (Phi) is 4.37. The average molecular weight is 369 g/mol. The standard InChI is InChI=1S/C21H21ClN2O2/c1-14-2-5-16(6-3-14)26-12-20(25)24-13-21(8-9-21)18-11-23-19-7-4-15(22)10-17(18)19/h2-7,10-11,23H,8-9,12-13H2,1H3,(H,24,25).